The quantitative estimate of drug-likeness (QED) is 0.390. The lowest BCUT2D eigenvalue weighted by atomic mass is 9.83. The third kappa shape index (κ3) is 3.23. The summed E-state index contributed by atoms with van der Waals surface area (Å²) < 4.78 is 14.8. The van der Waals surface area contributed by atoms with E-state index in [1.807, 2.05) is 0 Å². The van der Waals surface area contributed by atoms with E-state index < -0.39 is 11.9 Å². The number of likely N-dealkylation sites (tertiary alicyclic amines) is 1. The maximum Gasteiger partial charge on any atom is 0.356 e. The van der Waals surface area contributed by atoms with Crippen LogP contribution in [0, 0.1) is 11.3 Å². The van der Waals surface area contributed by atoms with Crippen molar-refractivity contribution in [2.24, 2.45) is 0 Å². The molecule has 0 atom stereocenters. The lowest BCUT2D eigenvalue weighted by molar-refractivity contribution is -0.144. The molecule has 2 fully saturated rings. The van der Waals surface area contributed by atoms with Gasteiger partial charge in [-0.1, -0.05) is 6.92 Å². The minimum absolute atomic E-state index is 0.0239. The first-order chi connectivity index (χ1) is 11.5. The van der Waals surface area contributed by atoms with Crippen LogP contribution < -0.4 is 0 Å². The zero-order chi connectivity index (χ0) is 17.7. The largest absolute Gasteiger partial charge is 0.465 e. The first-order valence-electron chi connectivity index (χ1n) is 7.91. The maximum atomic E-state index is 12.1. The Balaban J connectivity index is 2.25. The molecule has 0 bridgehead atoms. The molecule has 8 heteroatoms. The Bertz CT molecular complexity index is 569. The van der Waals surface area contributed by atoms with Crippen molar-refractivity contribution >= 4 is 11.9 Å². The summed E-state index contributed by atoms with van der Waals surface area (Å²) in [5.74, 6) is -1.54. The first kappa shape index (κ1) is 18.2. The Hall–Kier alpha value is -2.11. The number of ether oxygens (including phenoxy) is 3. The van der Waals surface area contributed by atoms with Gasteiger partial charge in [0, 0.05) is 26.2 Å². The third-order valence-corrected chi connectivity index (χ3v) is 4.74. The van der Waals surface area contributed by atoms with Gasteiger partial charge in [-0.3, -0.25) is 4.90 Å². The average molecular weight is 337 g/mol. The van der Waals surface area contributed by atoms with Gasteiger partial charge in [0.15, 0.2) is 5.57 Å². The smallest absolute Gasteiger partial charge is 0.356 e. The van der Waals surface area contributed by atoms with E-state index in [1.54, 1.807) is 11.0 Å². The number of nitrogens with zero attached hydrogens (tertiary/aromatic N) is 3. The molecule has 0 spiro atoms. The van der Waals surface area contributed by atoms with Crippen LogP contribution in [-0.2, 0) is 23.8 Å². The van der Waals surface area contributed by atoms with E-state index in [0.717, 1.165) is 19.5 Å². The third-order valence-electron chi connectivity index (χ3n) is 4.74. The number of rotatable bonds is 5. The van der Waals surface area contributed by atoms with Crippen molar-refractivity contribution in [1.29, 1.82) is 5.26 Å². The molecule has 0 aromatic rings. The number of nitriles is 1. The van der Waals surface area contributed by atoms with Crippen LogP contribution >= 0.6 is 0 Å². The molecule has 2 rings (SSSR count). The molecule has 24 heavy (non-hydrogen) atoms. The highest BCUT2D eigenvalue weighted by Crippen LogP contribution is 2.35. The monoisotopic (exact) mass is 337 g/mol. The molecule has 2 aliphatic heterocycles. The number of carbonyl (C=O) groups excluding carboxylic acids is 2. The predicted octanol–water partition coefficient (Wildman–Crippen LogP) is -0.0933. The summed E-state index contributed by atoms with van der Waals surface area (Å²) in [6.07, 6.45) is 0.901. The van der Waals surface area contributed by atoms with Crippen molar-refractivity contribution in [2.75, 3.05) is 53.6 Å². The van der Waals surface area contributed by atoms with E-state index in [4.69, 9.17) is 9.47 Å². The Morgan fingerprint density at radius 1 is 1.17 bits per heavy atom. The van der Waals surface area contributed by atoms with Gasteiger partial charge in [-0.15, -0.1) is 0 Å². The van der Waals surface area contributed by atoms with E-state index in [-0.39, 0.29) is 16.8 Å². The van der Waals surface area contributed by atoms with Gasteiger partial charge in [0.25, 0.3) is 0 Å². The summed E-state index contributed by atoms with van der Waals surface area (Å²) in [5, 5.41) is 9.28. The topological polar surface area (TPSA) is 92.1 Å². The normalized spacial score (nSPS) is 21.2. The molecule has 2 saturated heterocycles. The van der Waals surface area contributed by atoms with Crippen molar-refractivity contribution in [3.8, 4) is 6.07 Å². The SMILES string of the molecule is CCC1(N2CCOCC2)CN(/C(C(=O)OC)=C(\C#N)C(=O)OC)C1. The van der Waals surface area contributed by atoms with Gasteiger partial charge in [-0.05, 0) is 6.42 Å². The van der Waals surface area contributed by atoms with E-state index in [0.29, 0.717) is 26.3 Å². The number of methoxy groups -OCH3 is 2. The fraction of sp³-hybridized carbons (Fsp3) is 0.688. The fourth-order valence-electron chi connectivity index (χ4n) is 3.29. The van der Waals surface area contributed by atoms with Crippen LogP contribution in [-0.4, -0.2) is 80.9 Å². The molecule has 8 nitrogen and oxygen atoms in total. The summed E-state index contributed by atoms with van der Waals surface area (Å²) in [6, 6.07) is 1.77. The lowest BCUT2D eigenvalue weighted by Crippen LogP contribution is -2.71. The lowest BCUT2D eigenvalue weighted by Gasteiger charge is -2.57. The number of esters is 2. The zero-order valence-corrected chi connectivity index (χ0v) is 14.3. The number of morpholine rings is 1. The van der Waals surface area contributed by atoms with Crippen LogP contribution in [0.15, 0.2) is 11.3 Å². The van der Waals surface area contributed by atoms with E-state index in [9.17, 15) is 14.9 Å². The Kier molecular flexibility index (Phi) is 5.80. The van der Waals surface area contributed by atoms with Crippen LogP contribution in [0.5, 0.6) is 0 Å². The molecule has 0 N–H and O–H groups in total. The molecule has 0 aromatic heterocycles. The average Bonchev–Trinajstić information content (AvgIpc) is 2.60. The summed E-state index contributed by atoms with van der Waals surface area (Å²) in [6.45, 7) is 6.24. The Labute approximate surface area is 141 Å². The second kappa shape index (κ2) is 7.64. The van der Waals surface area contributed by atoms with Crippen molar-refractivity contribution in [3.05, 3.63) is 11.3 Å². The highest BCUT2D eigenvalue weighted by atomic mass is 16.5. The summed E-state index contributed by atoms with van der Waals surface area (Å²) in [7, 11) is 2.40. The van der Waals surface area contributed by atoms with Crippen molar-refractivity contribution in [1.82, 2.24) is 9.80 Å². The molecule has 0 aliphatic carbocycles. The Morgan fingerprint density at radius 3 is 2.21 bits per heavy atom. The van der Waals surface area contributed by atoms with Crippen LogP contribution in [0.3, 0.4) is 0 Å². The number of hydrogen-bond donors (Lipinski definition) is 0. The summed E-state index contributed by atoms with van der Waals surface area (Å²) in [5.41, 5.74) is -0.431. The van der Waals surface area contributed by atoms with Gasteiger partial charge in [0.1, 0.15) is 11.8 Å². The van der Waals surface area contributed by atoms with Gasteiger partial charge in [-0.2, -0.15) is 5.26 Å². The molecule has 2 heterocycles. The van der Waals surface area contributed by atoms with Gasteiger partial charge < -0.3 is 19.1 Å². The van der Waals surface area contributed by atoms with E-state index in [2.05, 4.69) is 16.6 Å². The van der Waals surface area contributed by atoms with Gasteiger partial charge >= 0.3 is 11.9 Å². The van der Waals surface area contributed by atoms with Crippen LogP contribution in [0.25, 0.3) is 0 Å². The predicted molar refractivity (Wildman–Crippen MR) is 83.7 cm³/mol. The molecule has 0 unspecified atom stereocenters. The second-order valence-electron chi connectivity index (χ2n) is 5.85. The van der Waals surface area contributed by atoms with Crippen LogP contribution in [0.2, 0.25) is 0 Å². The molecule has 0 aromatic carbocycles. The van der Waals surface area contributed by atoms with E-state index >= 15 is 0 Å². The molecule has 2 aliphatic rings. The highest BCUT2D eigenvalue weighted by Gasteiger charge is 2.49. The minimum atomic E-state index is -0.835. The minimum Gasteiger partial charge on any atom is -0.465 e. The molecular weight excluding hydrogens is 314 g/mol. The summed E-state index contributed by atoms with van der Waals surface area (Å²) in [4.78, 5) is 28.0. The molecule has 132 valence electrons. The van der Waals surface area contributed by atoms with Crippen molar-refractivity contribution in [3.63, 3.8) is 0 Å². The van der Waals surface area contributed by atoms with Gasteiger partial charge in [0.2, 0.25) is 0 Å². The zero-order valence-electron chi connectivity index (χ0n) is 14.3. The molecule has 0 amide bonds. The second-order valence-corrected chi connectivity index (χ2v) is 5.85. The van der Waals surface area contributed by atoms with Crippen molar-refractivity contribution in [2.45, 2.75) is 18.9 Å². The van der Waals surface area contributed by atoms with E-state index in [1.165, 1.54) is 14.2 Å². The number of carbonyl (C=O) groups is 2. The van der Waals surface area contributed by atoms with Crippen molar-refractivity contribution < 1.29 is 23.8 Å². The summed E-state index contributed by atoms with van der Waals surface area (Å²) >= 11 is 0. The molecule has 0 radical (unpaired) electrons. The first-order valence-corrected chi connectivity index (χ1v) is 7.91. The van der Waals surface area contributed by atoms with Crippen LogP contribution in [0.4, 0.5) is 0 Å². The maximum absolute atomic E-state index is 12.1. The van der Waals surface area contributed by atoms with Gasteiger partial charge in [-0.25, -0.2) is 9.59 Å². The standard InChI is InChI=1S/C16H23N3O5/c1-4-16(19-5-7-24-8-6-19)10-18(11-16)13(15(21)23-3)12(9-17)14(20)22-2/h4-8,10-11H2,1-3H3/b13-12+. The van der Waals surface area contributed by atoms with Crippen LogP contribution in [0.1, 0.15) is 13.3 Å². The molecular formula is C16H23N3O5. The Morgan fingerprint density at radius 2 is 1.75 bits per heavy atom. The number of hydrogen-bond acceptors (Lipinski definition) is 8. The fourth-order valence-corrected chi connectivity index (χ4v) is 3.29. The van der Waals surface area contributed by atoms with Gasteiger partial charge in [0.05, 0.1) is 33.0 Å². The molecule has 0 saturated carbocycles. The highest BCUT2D eigenvalue weighted by molar-refractivity contribution is 6.02.